The summed E-state index contributed by atoms with van der Waals surface area (Å²) in [5.74, 6) is 0.953. The molecule has 1 aromatic heterocycles. The molecule has 0 spiro atoms. The fraction of sp³-hybridized carbons (Fsp3) is 0.643. The molecule has 2 fully saturated rings. The lowest BCUT2D eigenvalue weighted by atomic mass is 10.3. The summed E-state index contributed by atoms with van der Waals surface area (Å²) in [7, 11) is 0. The van der Waals surface area contributed by atoms with Crippen molar-refractivity contribution in [2.45, 2.75) is 25.9 Å². The van der Waals surface area contributed by atoms with Crippen LogP contribution in [0, 0.1) is 12.8 Å². The number of hydrogen-bond acceptors (Lipinski definition) is 4. The van der Waals surface area contributed by atoms with Crippen LogP contribution in [-0.2, 0) is 9.53 Å². The van der Waals surface area contributed by atoms with Crippen LogP contribution in [-0.4, -0.2) is 37.1 Å². The second-order valence-electron chi connectivity index (χ2n) is 5.34. The third kappa shape index (κ3) is 3.16. The Morgan fingerprint density at radius 1 is 1.47 bits per heavy atom. The molecule has 2 heterocycles. The van der Waals surface area contributed by atoms with Gasteiger partial charge in [-0.2, -0.15) is 0 Å². The van der Waals surface area contributed by atoms with Gasteiger partial charge in [-0.15, -0.1) is 11.3 Å². The van der Waals surface area contributed by atoms with Crippen LogP contribution in [0.15, 0.2) is 12.1 Å². The minimum Gasteiger partial charge on any atom is -0.379 e. The first kappa shape index (κ1) is 13.1. The lowest BCUT2D eigenvalue weighted by molar-refractivity contribution is -0.128. The van der Waals surface area contributed by atoms with Gasteiger partial charge < -0.3 is 9.64 Å². The van der Waals surface area contributed by atoms with Crippen LogP contribution < -0.4 is 5.32 Å². The molecule has 1 atom stereocenters. The topological polar surface area (TPSA) is 41.6 Å². The second-order valence-corrected chi connectivity index (χ2v) is 6.66. The summed E-state index contributed by atoms with van der Waals surface area (Å²) in [5.41, 5.74) is 0. The largest absolute Gasteiger partial charge is 0.379 e. The Balaban J connectivity index is 1.55. The summed E-state index contributed by atoms with van der Waals surface area (Å²) in [6.07, 6.45) is 2.65. The molecule has 1 amide bonds. The third-order valence-corrected chi connectivity index (χ3v) is 4.69. The number of amides is 1. The van der Waals surface area contributed by atoms with Gasteiger partial charge in [-0.05, 0) is 37.8 Å². The predicted octanol–water partition coefficient (Wildman–Crippen LogP) is 1.91. The molecule has 1 aliphatic carbocycles. The standard InChI is InChI=1S/C14H20N2O2S/c1-10-2-5-12(19-10)14-15-8-13(17)16(14)6-7-18-9-11-3-4-11/h2,5,11,14-15H,3-4,6-9H2,1H3. The maximum absolute atomic E-state index is 11.9. The molecular weight excluding hydrogens is 260 g/mol. The van der Waals surface area contributed by atoms with E-state index in [1.807, 2.05) is 4.90 Å². The molecular formula is C14H20N2O2S. The minimum absolute atomic E-state index is 0.0377. The number of thiophene rings is 1. The Morgan fingerprint density at radius 3 is 3.00 bits per heavy atom. The molecule has 19 heavy (non-hydrogen) atoms. The van der Waals surface area contributed by atoms with Crippen molar-refractivity contribution in [3.05, 3.63) is 21.9 Å². The summed E-state index contributed by atoms with van der Waals surface area (Å²) >= 11 is 1.75. The number of nitrogens with one attached hydrogen (secondary N) is 1. The number of carbonyl (C=O) groups excluding carboxylic acids is 1. The Bertz CT molecular complexity index is 456. The average molecular weight is 280 g/mol. The molecule has 3 rings (SSSR count). The van der Waals surface area contributed by atoms with E-state index in [4.69, 9.17) is 4.74 Å². The fourth-order valence-electron chi connectivity index (χ4n) is 2.35. The van der Waals surface area contributed by atoms with Crippen molar-refractivity contribution < 1.29 is 9.53 Å². The number of ether oxygens (including phenoxy) is 1. The van der Waals surface area contributed by atoms with E-state index in [0.717, 1.165) is 12.5 Å². The van der Waals surface area contributed by atoms with Gasteiger partial charge in [0.1, 0.15) is 6.17 Å². The van der Waals surface area contributed by atoms with Gasteiger partial charge in [-0.25, -0.2) is 0 Å². The van der Waals surface area contributed by atoms with E-state index in [9.17, 15) is 4.79 Å². The highest BCUT2D eigenvalue weighted by atomic mass is 32.1. The Labute approximate surface area is 117 Å². The number of hydrogen-bond donors (Lipinski definition) is 1. The van der Waals surface area contributed by atoms with Crippen LogP contribution in [0.3, 0.4) is 0 Å². The summed E-state index contributed by atoms with van der Waals surface area (Å²) < 4.78 is 5.64. The first-order valence-corrected chi connectivity index (χ1v) is 7.72. The lowest BCUT2D eigenvalue weighted by Crippen LogP contribution is -2.33. The molecule has 0 aromatic carbocycles. The van der Waals surface area contributed by atoms with Crippen LogP contribution in [0.4, 0.5) is 0 Å². The first-order chi connectivity index (χ1) is 9.24. The Morgan fingerprint density at radius 2 is 2.32 bits per heavy atom. The highest BCUT2D eigenvalue weighted by Crippen LogP contribution is 2.30. The van der Waals surface area contributed by atoms with Crippen molar-refractivity contribution in [2.24, 2.45) is 5.92 Å². The van der Waals surface area contributed by atoms with Gasteiger partial charge in [0.2, 0.25) is 5.91 Å². The number of carbonyl (C=O) groups is 1. The zero-order chi connectivity index (χ0) is 13.2. The zero-order valence-corrected chi connectivity index (χ0v) is 12.0. The average Bonchev–Trinajstić information content (AvgIpc) is 3.01. The number of rotatable bonds is 6. The lowest BCUT2D eigenvalue weighted by Gasteiger charge is -2.23. The summed E-state index contributed by atoms with van der Waals surface area (Å²) in [5, 5.41) is 3.28. The van der Waals surface area contributed by atoms with Gasteiger partial charge in [-0.1, -0.05) is 0 Å². The van der Waals surface area contributed by atoms with Gasteiger partial charge in [0.05, 0.1) is 13.2 Å². The summed E-state index contributed by atoms with van der Waals surface area (Å²) in [4.78, 5) is 16.3. The van der Waals surface area contributed by atoms with E-state index in [2.05, 4.69) is 24.4 Å². The van der Waals surface area contributed by atoms with Crippen molar-refractivity contribution in [1.82, 2.24) is 10.2 Å². The monoisotopic (exact) mass is 280 g/mol. The second kappa shape index (κ2) is 5.61. The van der Waals surface area contributed by atoms with Gasteiger partial charge >= 0.3 is 0 Å². The van der Waals surface area contributed by atoms with E-state index in [-0.39, 0.29) is 12.1 Å². The van der Waals surface area contributed by atoms with E-state index in [1.165, 1.54) is 22.6 Å². The van der Waals surface area contributed by atoms with Crippen molar-refractivity contribution in [3.63, 3.8) is 0 Å². The first-order valence-electron chi connectivity index (χ1n) is 6.91. The van der Waals surface area contributed by atoms with E-state index in [1.54, 1.807) is 11.3 Å². The number of aryl methyl sites for hydroxylation is 1. The number of nitrogens with zero attached hydrogens (tertiary/aromatic N) is 1. The predicted molar refractivity (Wildman–Crippen MR) is 75.1 cm³/mol. The zero-order valence-electron chi connectivity index (χ0n) is 11.2. The fourth-order valence-corrected chi connectivity index (χ4v) is 3.31. The SMILES string of the molecule is Cc1ccc(C2NCC(=O)N2CCOCC2CC2)s1. The van der Waals surface area contributed by atoms with Crippen molar-refractivity contribution in [1.29, 1.82) is 0 Å². The van der Waals surface area contributed by atoms with Gasteiger partial charge in [-0.3, -0.25) is 10.1 Å². The summed E-state index contributed by atoms with van der Waals surface area (Å²) in [6, 6.07) is 4.21. The summed E-state index contributed by atoms with van der Waals surface area (Å²) in [6.45, 7) is 4.71. The van der Waals surface area contributed by atoms with Gasteiger partial charge in [0, 0.05) is 22.9 Å². The smallest absolute Gasteiger partial charge is 0.238 e. The molecule has 0 radical (unpaired) electrons. The van der Waals surface area contributed by atoms with E-state index in [0.29, 0.717) is 19.7 Å². The van der Waals surface area contributed by atoms with E-state index < -0.39 is 0 Å². The van der Waals surface area contributed by atoms with Gasteiger partial charge in [0.15, 0.2) is 0 Å². The molecule has 1 unspecified atom stereocenters. The molecule has 5 heteroatoms. The van der Waals surface area contributed by atoms with E-state index >= 15 is 0 Å². The molecule has 1 aromatic rings. The molecule has 0 bridgehead atoms. The molecule has 1 saturated carbocycles. The van der Waals surface area contributed by atoms with Crippen LogP contribution in [0.1, 0.15) is 28.8 Å². The third-order valence-electron chi connectivity index (χ3n) is 3.64. The molecule has 4 nitrogen and oxygen atoms in total. The molecule has 1 N–H and O–H groups in total. The van der Waals surface area contributed by atoms with Crippen LogP contribution in [0.5, 0.6) is 0 Å². The molecule has 2 aliphatic rings. The molecule has 104 valence electrons. The maximum Gasteiger partial charge on any atom is 0.238 e. The van der Waals surface area contributed by atoms with Crippen molar-refractivity contribution in [2.75, 3.05) is 26.3 Å². The van der Waals surface area contributed by atoms with Crippen molar-refractivity contribution >= 4 is 17.2 Å². The molecule has 1 saturated heterocycles. The molecule has 1 aliphatic heterocycles. The van der Waals surface area contributed by atoms with Crippen molar-refractivity contribution in [3.8, 4) is 0 Å². The van der Waals surface area contributed by atoms with Gasteiger partial charge in [0.25, 0.3) is 0 Å². The van der Waals surface area contributed by atoms with Crippen LogP contribution in [0.25, 0.3) is 0 Å². The van der Waals surface area contributed by atoms with Crippen LogP contribution >= 0.6 is 11.3 Å². The minimum atomic E-state index is 0.0377. The highest BCUT2D eigenvalue weighted by Gasteiger charge is 2.32. The maximum atomic E-state index is 11.9. The highest BCUT2D eigenvalue weighted by molar-refractivity contribution is 7.12. The quantitative estimate of drug-likeness (QED) is 0.809. The van der Waals surface area contributed by atoms with Crippen LogP contribution in [0.2, 0.25) is 0 Å². The Hall–Kier alpha value is -0.910. The Kier molecular flexibility index (Phi) is 3.86. The normalized spacial score (nSPS) is 23.3.